The van der Waals surface area contributed by atoms with Gasteiger partial charge in [-0.1, -0.05) is 45.7 Å². The molecule has 0 saturated carbocycles. The molecule has 0 unspecified atom stereocenters. The third-order valence-corrected chi connectivity index (χ3v) is 3.61. The van der Waals surface area contributed by atoms with Crippen molar-refractivity contribution in [2.75, 3.05) is 25.0 Å². The van der Waals surface area contributed by atoms with Crippen LogP contribution < -0.4 is 15.4 Å². The summed E-state index contributed by atoms with van der Waals surface area (Å²) in [5.41, 5.74) is 0.723. The number of rotatable bonds is 7. The van der Waals surface area contributed by atoms with Crippen molar-refractivity contribution in [2.24, 2.45) is 0 Å². The summed E-state index contributed by atoms with van der Waals surface area (Å²) in [6, 6.07) is 14.9. The number of ether oxygens (including phenoxy) is 1. The summed E-state index contributed by atoms with van der Waals surface area (Å²) < 4.78 is 6.38. The Morgan fingerprint density at radius 1 is 1.18 bits per heavy atom. The zero-order valence-corrected chi connectivity index (χ0v) is 14.2. The Labute approximate surface area is 142 Å². The van der Waals surface area contributed by atoms with Gasteiger partial charge in [-0.2, -0.15) is 0 Å². The van der Waals surface area contributed by atoms with Gasteiger partial charge in [-0.15, -0.1) is 0 Å². The van der Waals surface area contributed by atoms with Crippen LogP contribution in [-0.4, -0.2) is 25.6 Å². The highest BCUT2D eigenvalue weighted by molar-refractivity contribution is 9.10. The monoisotopic (exact) mass is 382 g/mol. The van der Waals surface area contributed by atoms with Crippen LogP contribution in [0.4, 0.5) is 5.69 Å². The Kier molecular flexibility index (Phi) is 6.55. The van der Waals surface area contributed by atoms with Crippen LogP contribution in [0.25, 0.3) is 0 Å². The molecule has 0 spiro atoms. The van der Waals surface area contributed by atoms with Crippen molar-refractivity contribution in [1.82, 2.24) is 5.32 Å². The van der Waals surface area contributed by atoms with Crippen molar-refractivity contribution in [3.63, 3.8) is 0 Å². The van der Waals surface area contributed by atoms with Crippen molar-refractivity contribution in [3.05, 3.63) is 58.0 Å². The third-order valence-electron chi connectivity index (χ3n) is 2.81. The number of nitrogens with one attached hydrogen (secondary N) is 2. The van der Waals surface area contributed by atoms with Crippen molar-refractivity contribution in [3.8, 4) is 5.75 Å². The van der Waals surface area contributed by atoms with Gasteiger partial charge in [0.05, 0.1) is 23.8 Å². The minimum absolute atomic E-state index is 0.115. The quantitative estimate of drug-likeness (QED) is 0.717. The van der Waals surface area contributed by atoms with Gasteiger partial charge in [-0.25, -0.2) is 0 Å². The number of carbonyl (C=O) groups is 1. The van der Waals surface area contributed by atoms with Gasteiger partial charge in [0.25, 0.3) is 0 Å². The van der Waals surface area contributed by atoms with Crippen LogP contribution in [0, 0.1) is 0 Å². The maximum Gasteiger partial charge on any atom is 0.239 e. The number of halogens is 2. The lowest BCUT2D eigenvalue weighted by Gasteiger charge is -2.10. The summed E-state index contributed by atoms with van der Waals surface area (Å²) in [6.07, 6.45) is 0. The number of hydrogen-bond donors (Lipinski definition) is 2. The van der Waals surface area contributed by atoms with Gasteiger partial charge < -0.3 is 15.4 Å². The lowest BCUT2D eigenvalue weighted by Crippen LogP contribution is -2.33. The second-order valence-electron chi connectivity index (χ2n) is 4.49. The molecule has 22 heavy (non-hydrogen) atoms. The third kappa shape index (κ3) is 5.58. The molecule has 0 radical (unpaired) electrons. The van der Waals surface area contributed by atoms with Crippen molar-refractivity contribution in [2.45, 2.75) is 0 Å². The van der Waals surface area contributed by atoms with Gasteiger partial charge in [0, 0.05) is 4.47 Å². The first-order valence-corrected chi connectivity index (χ1v) is 7.96. The smallest absolute Gasteiger partial charge is 0.239 e. The maximum absolute atomic E-state index is 11.7. The lowest BCUT2D eigenvalue weighted by atomic mass is 10.3. The average molecular weight is 384 g/mol. The van der Waals surface area contributed by atoms with Crippen molar-refractivity contribution < 1.29 is 9.53 Å². The highest BCUT2D eigenvalue weighted by Gasteiger charge is 2.04. The normalized spacial score (nSPS) is 10.1. The second kappa shape index (κ2) is 8.66. The standard InChI is InChI=1S/C16H16BrClN2O2/c17-12-6-7-15(14(18)10-12)20-11-16(21)19-8-9-22-13-4-2-1-3-5-13/h1-7,10,20H,8-9,11H2,(H,19,21). The fourth-order valence-electron chi connectivity index (χ4n) is 1.75. The van der Waals surface area contributed by atoms with Crippen LogP contribution in [0.2, 0.25) is 5.02 Å². The maximum atomic E-state index is 11.7. The van der Waals surface area contributed by atoms with Crippen LogP contribution in [-0.2, 0) is 4.79 Å². The molecular weight excluding hydrogens is 368 g/mol. The van der Waals surface area contributed by atoms with Crippen LogP contribution in [0.1, 0.15) is 0 Å². The number of carbonyl (C=O) groups excluding carboxylic acids is 1. The SMILES string of the molecule is O=C(CNc1ccc(Br)cc1Cl)NCCOc1ccccc1. The van der Waals surface area contributed by atoms with Crippen LogP contribution in [0.3, 0.4) is 0 Å². The molecule has 116 valence electrons. The van der Waals surface area contributed by atoms with E-state index in [0.29, 0.717) is 18.2 Å². The van der Waals surface area contributed by atoms with Gasteiger partial charge in [0.15, 0.2) is 0 Å². The molecule has 4 nitrogen and oxygen atoms in total. The predicted octanol–water partition coefficient (Wildman–Crippen LogP) is 3.71. The Balaban J connectivity index is 1.65. The number of benzene rings is 2. The molecule has 1 amide bonds. The molecule has 2 aromatic rings. The molecule has 0 aromatic heterocycles. The number of anilines is 1. The molecule has 2 aromatic carbocycles. The van der Waals surface area contributed by atoms with E-state index in [9.17, 15) is 4.79 Å². The van der Waals surface area contributed by atoms with E-state index in [1.807, 2.05) is 42.5 Å². The Morgan fingerprint density at radius 2 is 1.95 bits per heavy atom. The first kappa shape index (κ1) is 16.6. The summed E-state index contributed by atoms with van der Waals surface area (Å²) in [6.45, 7) is 1.03. The molecule has 6 heteroatoms. The van der Waals surface area contributed by atoms with Crippen LogP contribution in [0.5, 0.6) is 5.75 Å². The zero-order valence-electron chi connectivity index (χ0n) is 11.8. The van der Waals surface area contributed by atoms with E-state index in [1.54, 1.807) is 6.07 Å². The molecule has 0 heterocycles. The fourth-order valence-corrected chi connectivity index (χ4v) is 2.49. The summed E-state index contributed by atoms with van der Waals surface area (Å²) in [7, 11) is 0. The number of amides is 1. The van der Waals surface area contributed by atoms with Crippen molar-refractivity contribution in [1.29, 1.82) is 0 Å². The van der Waals surface area contributed by atoms with E-state index in [1.165, 1.54) is 0 Å². The van der Waals surface area contributed by atoms with Gasteiger partial charge >= 0.3 is 0 Å². The second-order valence-corrected chi connectivity index (χ2v) is 5.81. The molecular formula is C16H16BrClN2O2. The molecule has 2 rings (SSSR count). The van der Waals surface area contributed by atoms with Crippen molar-refractivity contribution >= 4 is 39.1 Å². The minimum Gasteiger partial charge on any atom is -0.492 e. The molecule has 0 aliphatic heterocycles. The summed E-state index contributed by atoms with van der Waals surface area (Å²) in [5.74, 6) is 0.673. The first-order valence-electron chi connectivity index (χ1n) is 6.78. The summed E-state index contributed by atoms with van der Waals surface area (Å²) in [5, 5.41) is 6.33. The highest BCUT2D eigenvalue weighted by atomic mass is 79.9. The largest absolute Gasteiger partial charge is 0.492 e. The van der Waals surface area contributed by atoms with E-state index >= 15 is 0 Å². The topological polar surface area (TPSA) is 50.4 Å². The first-order chi connectivity index (χ1) is 10.6. The van der Waals surface area contributed by atoms with E-state index in [4.69, 9.17) is 16.3 Å². The molecule has 0 bridgehead atoms. The van der Waals surface area contributed by atoms with E-state index < -0.39 is 0 Å². The summed E-state index contributed by atoms with van der Waals surface area (Å²) in [4.78, 5) is 11.7. The van der Waals surface area contributed by atoms with Gasteiger partial charge in [-0.3, -0.25) is 4.79 Å². The van der Waals surface area contributed by atoms with Gasteiger partial charge in [0.1, 0.15) is 12.4 Å². The van der Waals surface area contributed by atoms with Gasteiger partial charge in [0.2, 0.25) is 5.91 Å². The Hall–Kier alpha value is -1.72. The minimum atomic E-state index is -0.115. The molecule has 0 fully saturated rings. The van der Waals surface area contributed by atoms with E-state index in [0.717, 1.165) is 15.9 Å². The average Bonchev–Trinajstić information content (AvgIpc) is 2.52. The highest BCUT2D eigenvalue weighted by Crippen LogP contribution is 2.25. The summed E-state index contributed by atoms with van der Waals surface area (Å²) >= 11 is 9.40. The molecule has 0 aliphatic carbocycles. The molecule has 0 atom stereocenters. The molecule has 0 saturated heterocycles. The lowest BCUT2D eigenvalue weighted by molar-refractivity contribution is -0.119. The zero-order chi connectivity index (χ0) is 15.8. The fraction of sp³-hybridized carbons (Fsp3) is 0.188. The van der Waals surface area contributed by atoms with Gasteiger partial charge in [-0.05, 0) is 30.3 Å². The number of para-hydroxylation sites is 1. The Morgan fingerprint density at radius 3 is 2.68 bits per heavy atom. The number of hydrogen-bond acceptors (Lipinski definition) is 3. The Bertz CT molecular complexity index is 623. The van der Waals surface area contributed by atoms with E-state index in [2.05, 4.69) is 26.6 Å². The predicted molar refractivity (Wildman–Crippen MR) is 92.6 cm³/mol. The van der Waals surface area contributed by atoms with Crippen LogP contribution in [0.15, 0.2) is 53.0 Å². The molecule has 0 aliphatic rings. The van der Waals surface area contributed by atoms with Crippen LogP contribution >= 0.6 is 27.5 Å². The molecule has 2 N–H and O–H groups in total. The van der Waals surface area contributed by atoms with E-state index in [-0.39, 0.29) is 12.5 Å².